The molecule has 0 fully saturated rings. The van der Waals surface area contributed by atoms with E-state index >= 15 is 0 Å². The third kappa shape index (κ3) is 5.11. The Morgan fingerprint density at radius 2 is 2.18 bits per heavy atom. The van der Waals surface area contributed by atoms with Gasteiger partial charge >= 0.3 is 0 Å². The summed E-state index contributed by atoms with van der Waals surface area (Å²) in [6.07, 6.45) is 4.01. The number of hydrogen-bond donors (Lipinski definition) is 2. The number of rotatable bonds is 6. The topological polar surface area (TPSA) is 38.0 Å². The molecular weight excluding hydrogens is 215 g/mol. The second-order valence-electron chi connectivity index (χ2n) is 4.42. The van der Waals surface area contributed by atoms with E-state index in [0.29, 0.717) is 31.1 Å². The molecule has 0 aromatic heterocycles. The van der Waals surface area contributed by atoms with Gasteiger partial charge < -0.3 is 11.1 Å². The van der Waals surface area contributed by atoms with Crippen molar-refractivity contribution in [1.82, 2.24) is 5.32 Å². The monoisotopic (exact) mass is 236 g/mol. The maximum Gasteiger partial charge on any atom is 0.128 e. The van der Waals surface area contributed by atoms with Crippen LogP contribution < -0.4 is 11.1 Å². The molecule has 2 nitrogen and oxygen atoms in total. The number of halogens is 1. The summed E-state index contributed by atoms with van der Waals surface area (Å²) in [7, 11) is 0. The number of benzene rings is 1. The summed E-state index contributed by atoms with van der Waals surface area (Å²) in [5.41, 5.74) is 6.94. The highest BCUT2D eigenvalue weighted by atomic mass is 19.1. The first kappa shape index (κ1) is 13.9. The standard InChI is InChI=1S/C14H21FN2/c1-11(2)3-4-12-5-6-13(14(15)9-12)10-17-8-7-16/h3-6,9,11,17H,7-8,10,16H2,1-2H3. The van der Waals surface area contributed by atoms with Crippen molar-refractivity contribution in [3.8, 4) is 0 Å². The van der Waals surface area contributed by atoms with Gasteiger partial charge in [0.2, 0.25) is 0 Å². The Bertz CT molecular complexity index is 372. The van der Waals surface area contributed by atoms with E-state index in [0.717, 1.165) is 5.56 Å². The van der Waals surface area contributed by atoms with Gasteiger partial charge in [0.15, 0.2) is 0 Å². The number of nitrogens with one attached hydrogen (secondary N) is 1. The molecule has 0 aliphatic carbocycles. The second kappa shape index (κ2) is 7.20. The van der Waals surface area contributed by atoms with Crippen LogP contribution in [-0.2, 0) is 6.54 Å². The zero-order valence-electron chi connectivity index (χ0n) is 10.5. The summed E-state index contributed by atoms with van der Waals surface area (Å²) in [5.74, 6) is 0.310. The largest absolute Gasteiger partial charge is 0.329 e. The molecule has 3 heteroatoms. The average molecular weight is 236 g/mol. The smallest absolute Gasteiger partial charge is 0.128 e. The van der Waals surface area contributed by atoms with Crippen LogP contribution in [0.1, 0.15) is 25.0 Å². The van der Waals surface area contributed by atoms with E-state index in [9.17, 15) is 4.39 Å². The van der Waals surface area contributed by atoms with Gasteiger partial charge in [-0.2, -0.15) is 0 Å². The fraction of sp³-hybridized carbons (Fsp3) is 0.429. The molecule has 3 N–H and O–H groups in total. The molecule has 0 spiro atoms. The normalized spacial score (nSPS) is 11.6. The van der Waals surface area contributed by atoms with Crippen molar-refractivity contribution in [2.24, 2.45) is 11.7 Å². The lowest BCUT2D eigenvalue weighted by Crippen LogP contribution is -2.22. The molecular formula is C14H21FN2. The Hall–Kier alpha value is -1.19. The van der Waals surface area contributed by atoms with Crippen molar-refractivity contribution in [2.45, 2.75) is 20.4 Å². The molecule has 0 radical (unpaired) electrons. The highest BCUT2D eigenvalue weighted by Crippen LogP contribution is 2.12. The molecule has 0 saturated carbocycles. The molecule has 0 aliphatic rings. The van der Waals surface area contributed by atoms with Gasteiger partial charge in [0, 0.05) is 25.2 Å². The summed E-state index contributed by atoms with van der Waals surface area (Å²) in [4.78, 5) is 0. The predicted octanol–water partition coefficient (Wildman–Crippen LogP) is 2.54. The van der Waals surface area contributed by atoms with Crippen LogP contribution in [0.25, 0.3) is 6.08 Å². The third-order valence-electron chi connectivity index (χ3n) is 2.39. The molecule has 1 aromatic rings. The highest BCUT2D eigenvalue weighted by Gasteiger charge is 2.01. The summed E-state index contributed by atoms with van der Waals surface area (Å²) >= 11 is 0. The van der Waals surface area contributed by atoms with Crippen molar-refractivity contribution in [2.75, 3.05) is 13.1 Å². The van der Waals surface area contributed by atoms with Crippen molar-refractivity contribution in [3.05, 3.63) is 41.2 Å². The zero-order chi connectivity index (χ0) is 12.7. The lowest BCUT2D eigenvalue weighted by molar-refractivity contribution is 0.589. The minimum atomic E-state index is -0.166. The van der Waals surface area contributed by atoms with Crippen LogP contribution in [0.4, 0.5) is 4.39 Å². The second-order valence-corrected chi connectivity index (χ2v) is 4.42. The maximum atomic E-state index is 13.7. The predicted molar refractivity (Wildman–Crippen MR) is 71.0 cm³/mol. The van der Waals surface area contributed by atoms with Gasteiger partial charge in [0.25, 0.3) is 0 Å². The summed E-state index contributed by atoms with van der Waals surface area (Å²) in [5, 5.41) is 3.08. The first-order valence-corrected chi connectivity index (χ1v) is 6.01. The summed E-state index contributed by atoms with van der Waals surface area (Å²) in [6.45, 7) is 5.98. The molecule has 0 amide bonds. The molecule has 0 unspecified atom stereocenters. The van der Waals surface area contributed by atoms with Crippen molar-refractivity contribution in [1.29, 1.82) is 0 Å². The minimum absolute atomic E-state index is 0.166. The average Bonchev–Trinajstić information content (AvgIpc) is 2.29. The fourth-order valence-corrected chi connectivity index (χ4v) is 1.44. The maximum absolute atomic E-state index is 13.7. The van der Waals surface area contributed by atoms with E-state index in [-0.39, 0.29) is 5.82 Å². The van der Waals surface area contributed by atoms with Crippen LogP contribution in [0, 0.1) is 11.7 Å². The van der Waals surface area contributed by atoms with E-state index in [1.165, 1.54) is 0 Å². The zero-order valence-corrected chi connectivity index (χ0v) is 10.5. The lowest BCUT2D eigenvalue weighted by atomic mass is 10.1. The molecule has 0 atom stereocenters. The quantitative estimate of drug-likeness (QED) is 0.745. The number of hydrogen-bond acceptors (Lipinski definition) is 2. The van der Waals surface area contributed by atoms with Crippen molar-refractivity contribution < 1.29 is 4.39 Å². The highest BCUT2D eigenvalue weighted by molar-refractivity contribution is 5.50. The lowest BCUT2D eigenvalue weighted by Gasteiger charge is -2.05. The SMILES string of the molecule is CC(C)C=Cc1ccc(CNCCN)c(F)c1. The molecule has 17 heavy (non-hydrogen) atoms. The van der Waals surface area contributed by atoms with Crippen molar-refractivity contribution >= 4 is 6.08 Å². The van der Waals surface area contributed by atoms with Crippen molar-refractivity contribution in [3.63, 3.8) is 0 Å². The fourth-order valence-electron chi connectivity index (χ4n) is 1.44. The molecule has 1 rings (SSSR count). The van der Waals surface area contributed by atoms with Crippen LogP contribution in [0.3, 0.4) is 0 Å². The van der Waals surface area contributed by atoms with E-state index in [2.05, 4.69) is 25.2 Å². The summed E-state index contributed by atoms with van der Waals surface area (Å²) < 4.78 is 13.7. The van der Waals surface area contributed by atoms with Crippen LogP contribution in [0.15, 0.2) is 24.3 Å². The van der Waals surface area contributed by atoms with Gasteiger partial charge in [-0.1, -0.05) is 38.1 Å². The third-order valence-corrected chi connectivity index (χ3v) is 2.39. The Morgan fingerprint density at radius 1 is 1.41 bits per heavy atom. The van der Waals surface area contributed by atoms with Crippen LogP contribution in [0.2, 0.25) is 0 Å². The molecule has 0 saturated heterocycles. The van der Waals surface area contributed by atoms with Gasteiger partial charge in [-0.25, -0.2) is 4.39 Å². The van der Waals surface area contributed by atoms with E-state index in [4.69, 9.17) is 5.73 Å². The van der Waals surface area contributed by atoms with Crippen LogP contribution in [0.5, 0.6) is 0 Å². The number of nitrogens with two attached hydrogens (primary N) is 1. The van der Waals surface area contributed by atoms with Crippen LogP contribution in [-0.4, -0.2) is 13.1 Å². The van der Waals surface area contributed by atoms with Gasteiger partial charge in [-0.15, -0.1) is 0 Å². The molecule has 0 aliphatic heterocycles. The van der Waals surface area contributed by atoms with E-state index in [1.54, 1.807) is 6.07 Å². The molecule has 94 valence electrons. The Labute approximate surface area is 103 Å². The Morgan fingerprint density at radius 3 is 2.76 bits per heavy atom. The Balaban J connectivity index is 2.65. The Kier molecular flexibility index (Phi) is 5.87. The molecule has 0 bridgehead atoms. The first-order chi connectivity index (χ1) is 8.13. The van der Waals surface area contributed by atoms with Gasteiger partial charge in [-0.3, -0.25) is 0 Å². The summed E-state index contributed by atoms with van der Waals surface area (Å²) in [6, 6.07) is 5.32. The van der Waals surface area contributed by atoms with Crippen LogP contribution >= 0.6 is 0 Å². The minimum Gasteiger partial charge on any atom is -0.329 e. The van der Waals surface area contributed by atoms with E-state index < -0.39 is 0 Å². The molecule has 0 heterocycles. The van der Waals surface area contributed by atoms with E-state index in [1.807, 2.05) is 18.2 Å². The van der Waals surface area contributed by atoms with Gasteiger partial charge in [0.05, 0.1) is 0 Å². The van der Waals surface area contributed by atoms with Gasteiger partial charge in [-0.05, 0) is 17.5 Å². The molecule has 1 aromatic carbocycles. The first-order valence-electron chi connectivity index (χ1n) is 6.01. The van der Waals surface area contributed by atoms with Gasteiger partial charge in [0.1, 0.15) is 5.82 Å². The number of allylic oxidation sites excluding steroid dienone is 1.